The Morgan fingerprint density at radius 3 is 1.63 bits per heavy atom. The number of ether oxygens (including phenoxy) is 1. The zero-order valence-corrected chi connectivity index (χ0v) is 48.8. The third-order valence-electron chi connectivity index (χ3n) is 15.4. The first-order valence-electron chi connectivity index (χ1n) is 27.9. The largest absolute Gasteiger partial charge is 0.450 e. The number of amides is 8. The van der Waals surface area contributed by atoms with Crippen LogP contribution in [-0.4, -0.2) is 166 Å². The lowest BCUT2D eigenvalue weighted by molar-refractivity contribution is -0.174. The summed E-state index contributed by atoms with van der Waals surface area (Å²) in [5.74, 6) is -8.82. The number of likely N-dealkylation sites (N-methyl/N-ethyl adjacent to an activating group) is 3. The third kappa shape index (κ3) is 16.3. The number of carbonyl (C=O) groups is 9. The van der Waals surface area contributed by atoms with Crippen LogP contribution >= 0.6 is 0 Å². The fourth-order valence-electron chi connectivity index (χ4n) is 10.5. The van der Waals surface area contributed by atoms with E-state index in [0.717, 1.165) is 10.5 Å². The smallest absolute Gasteiger partial charge is 0.332 e. The molecule has 2 aromatic carbocycles. The summed E-state index contributed by atoms with van der Waals surface area (Å²) in [6.07, 6.45) is 0.0739. The fourth-order valence-corrected chi connectivity index (χ4v) is 10.5. The monoisotopic (exact) mass is 1090 g/mol. The molecule has 0 spiro atoms. The van der Waals surface area contributed by atoms with Crippen LogP contribution in [-0.2, 0) is 60.7 Å². The van der Waals surface area contributed by atoms with Crippen LogP contribution in [0.4, 0.5) is 0 Å². The van der Waals surface area contributed by atoms with Crippen molar-refractivity contribution in [1.82, 2.24) is 40.9 Å². The number of fused-ring (bicyclic) bond motifs is 1. The predicted octanol–water partition coefficient (Wildman–Crippen LogP) is 4.03. The standard InChI is InChI=1S/C59H90N8O11/c1-16-37(9)46-57(75)65(14)47(36(7)8)52(70)61-41(31-34(3)4)55(73)66(15)49(59(11,12)77)58(76)78-48(38(10)17-2)53(71)62-45(35(5)6)51(69)60-42(32-39-25-20-18-21-26-39)54(72)64(13)44(33-40-27-22-19-23-28-40)56(74)67-30-24-29-43(67)50(68)63-46/h18-23,25-28,34-38,41-49,77H,16-17,24,29-33H2,1-15H3,(H,60,69)(H,61,70)(H,62,71)(H,63,68)/t37-,38+,41+,42+,43+,44+,45+,46+,47+,48-,49-/m1/s1. The molecule has 4 rings (SSSR count). The van der Waals surface area contributed by atoms with Gasteiger partial charge in [-0.15, -0.1) is 0 Å². The number of cyclic esters (lactones) is 1. The maximum absolute atomic E-state index is 15.2. The highest BCUT2D eigenvalue weighted by Gasteiger charge is 2.47. The van der Waals surface area contributed by atoms with Gasteiger partial charge in [0.2, 0.25) is 41.4 Å². The Morgan fingerprint density at radius 2 is 1.12 bits per heavy atom. The van der Waals surface area contributed by atoms with Crippen molar-refractivity contribution in [2.75, 3.05) is 27.7 Å². The molecule has 0 bridgehead atoms. The van der Waals surface area contributed by atoms with Gasteiger partial charge in [-0.1, -0.05) is 136 Å². The molecule has 19 nitrogen and oxygen atoms in total. The Balaban J connectivity index is 1.95. The molecule has 2 heterocycles. The first-order valence-corrected chi connectivity index (χ1v) is 27.9. The topological polar surface area (TPSA) is 244 Å². The van der Waals surface area contributed by atoms with Gasteiger partial charge in [0.05, 0.1) is 5.60 Å². The van der Waals surface area contributed by atoms with Crippen LogP contribution in [0.25, 0.3) is 0 Å². The molecule has 0 aromatic heterocycles. The van der Waals surface area contributed by atoms with E-state index in [1.54, 1.807) is 72.7 Å². The molecule has 0 aliphatic carbocycles. The highest BCUT2D eigenvalue weighted by atomic mass is 16.6. The zero-order chi connectivity index (χ0) is 58.5. The molecular formula is C59H90N8O11. The Kier molecular flexibility index (Phi) is 23.4. The van der Waals surface area contributed by atoms with Gasteiger partial charge < -0.3 is 50.7 Å². The van der Waals surface area contributed by atoms with Crippen LogP contribution < -0.4 is 21.3 Å². The zero-order valence-electron chi connectivity index (χ0n) is 48.8. The van der Waals surface area contributed by atoms with Crippen molar-refractivity contribution in [3.63, 3.8) is 0 Å². The first-order chi connectivity index (χ1) is 36.5. The lowest BCUT2D eigenvalue weighted by Gasteiger charge is -2.39. The second-order valence-electron chi connectivity index (χ2n) is 23.3. The summed E-state index contributed by atoms with van der Waals surface area (Å²) in [7, 11) is 4.24. The van der Waals surface area contributed by atoms with Crippen molar-refractivity contribution in [2.24, 2.45) is 29.6 Å². The first kappa shape index (κ1) is 64.2. The SMILES string of the molecule is CC[C@@H](C)[C@@H]1NC(=O)[C@@H]2CCCN2C(=O)[C@H](Cc2ccccc2)N(C)C(=O)[C@H](Cc2ccccc2)NC(=O)[C@H](C(C)C)NC(=O)[C@@H]([C@@H](C)CC)OC(=O)[C@H](C(C)(C)O)N(C)C(=O)[C@H](CC(C)C)NC(=O)[C@H](C(C)C)N(C)C1=O. The van der Waals surface area contributed by atoms with E-state index >= 15 is 9.59 Å². The average molecular weight is 1090 g/mol. The van der Waals surface area contributed by atoms with E-state index in [4.69, 9.17) is 4.74 Å². The average Bonchev–Trinajstić information content (AvgIpc) is 3.89. The van der Waals surface area contributed by atoms with Gasteiger partial charge in [0.1, 0.15) is 42.3 Å². The van der Waals surface area contributed by atoms with Crippen LogP contribution in [0.5, 0.6) is 0 Å². The van der Waals surface area contributed by atoms with Crippen LogP contribution in [0.2, 0.25) is 0 Å². The number of benzene rings is 2. The molecule has 78 heavy (non-hydrogen) atoms. The number of rotatable bonds is 13. The van der Waals surface area contributed by atoms with Crippen molar-refractivity contribution in [1.29, 1.82) is 0 Å². The molecule has 2 aromatic rings. The van der Waals surface area contributed by atoms with E-state index in [9.17, 15) is 38.7 Å². The Bertz CT molecular complexity index is 2390. The predicted molar refractivity (Wildman–Crippen MR) is 297 cm³/mol. The van der Waals surface area contributed by atoms with Crippen molar-refractivity contribution in [3.05, 3.63) is 71.8 Å². The lowest BCUT2D eigenvalue weighted by Crippen LogP contribution is -2.63. The van der Waals surface area contributed by atoms with Gasteiger partial charge in [-0.2, -0.15) is 0 Å². The molecule has 2 aliphatic heterocycles. The Morgan fingerprint density at radius 1 is 0.590 bits per heavy atom. The van der Waals surface area contributed by atoms with Crippen molar-refractivity contribution in [3.8, 4) is 0 Å². The van der Waals surface area contributed by atoms with Gasteiger partial charge in [0.15, 0.2) is 12.1 Å². The molecular weight excluding hydrogens is 997 g/mol. The van der Waals surface area contributed by atoms with Crippen LogP contribution in [0.1, 0.15) is 126 Å². The number of hydrogen-bond donors (Lipinski definition) is 5. The molecule has 5 N–H and O–H groups in total. The molecule has 2 fully saturated rings. The Hall–Kier alpha value is -6.37. The second-order valence-corrected chi connectivity index (χ2v) is 23.3. The van der Waals surface area contributed by atoms with E-state index in [1.807, 2.05) is 57.2 Å². The summed E-state index contributed by atoms with van der Waals surface area (Å²) in [4.78, 5) is 138. The molecule has 2 aliphatic rings. The van der Waals surface area contributed by atoms with Crippen LogP contribution in [0.15, 0.2) is 60.7 Å². The van der Waals surface area contributed by atoms with Crippen molar-refractivity contribution < 1.29 is 53.0 Å². The third-order valence-corrected chi connectivity index (χ3v) is 15.4. The molecule has 0 radical (unpaired) electrons. The maximum atomic E-state index is 15.2. The minimum Gasteiger partial charge on any atom is -0.450 e. The Labute approximate surface area is 462 Å². The second kappa shape index (κ2) is 28.5. The number of carbonyl (C=O) groups excluding carboxylic acids is 9. The van der Waals surface area contributed by atoms with Gasteiger partial charge in [-0.3, -0.25) is 38.4 Å². The summed E-state index contributed by atoms with van der Waals surface area (Å²) in [5, 5.41) is 23.1. The van der Waals surface area contributed by atoms with Crippen LogP contribution in [0, 0.1) is 29.6 Å². The van der Waals surface area contributed by atoms with E-state index in [-0.39, 0.29) is 38.1 Å². The highest BCUT2D eigenvalue weighted by Crippen LogP contribution is 2.26. The molecule has 11 atom stereocenters. The lowest BCUT2D eigenvalue weighted by atomic mass is 9.93. The quantitative estimate of drug-likeness (QED) is 0.179. The van der Waals surface area contributed by atoms with Crippen LogP contribution in [0.3, 0.4) is 0 Å². The summed E-state index contributed by atoms with van der Waals surface area (Å²) in [6.45, 7) is 20.5. The van der Waals surface area contributed by atoms with E-state index in [2.05, 4.69) is 21.3 Å². The minimum atomic E-state index is -1.97. The van der Waals surface area contributed by atoms with Crippen molar-refractivity contribution in [2.45, 2.75) is 188 Å². The highest BCUT2D eigenvalue weighted by molar-refractivity contribution is 5.99. The number of aliphatic hydroxyl groups is 1. The van der Waals surface area contributed by atoms with Gasteiger partial charge in [0, 0.05) is 46.4 Å². The van der Waals surface area contributed by atoms with E-state index in [0.29, 0.717) is 24.8 Å². The summed E-state index contributed by atoms with van der Waals surface area (Å²) >= 11 is 0. The van der Waals surface area contributed by atoms with Gasteiger partial charge >= 0.3 is 5.97 Å². The molecule has 2 saturated heterocycles. The molecule has 19 heteroatoms. The normalized spacial score (nSPS) is 26.6. The number of nitrogens with zero attached hydrogens (tertiary/aromatic N) is 4. The number of nitrogens with one attached hydrogen (secondary N) is 4. The van der Waals surface area contributed by atoms with Gasteiger partial charge in [-0.05, 0) is 74.3 Å². The molecule has 432 valence electrons. The summed E-state index contributed by atoms with van der Waals surface area (Å²) < 4.78 is 6.00. The minimum absolute atomic E-state index is 0.0104. The van der Waals surface area contributed by atoms with E-state index < -0.39 is 137 Å². The molecule has 0 saturated carbocycles. The summed E-state index contributed by atoms with van der Waals surface area (Å²) in [6, 6.07) is 8.01. The summed E-state index contributed by atoms with van der Waals surface area (Å²) in [5.41, 5.74) is -0.557. The number of hydrogen-bond acceptors (Lipinski definition) is 11. The molecule has 0 unspecified atom stereocenters. The van der Waals surface area contributed by atoms with Crippen molar-refractivity contribution >= 4 is 53.2 Å². The number of esters is 1. The van der Waals surface area contributed by atoms with Gasteiger partial charge in [-0.25, -0.2) is 4.79 Å². The fraction of sp³-hybridized carbons (Fsp3) is 0.644. The maximum Gasteiger partial charge on any atom is 0.332 e. The van der Waals surface area contributed by atoms with E-state index in [1.165, 1.54) is 49.7 Å². The van der Waals surface area contributed by atoms with Gasteiger partial charge in [0.25, 0.3) is 5.91 Å². The molecule has 8 amide bonds.